The Bertz CT molecular complexity index is 881. The van der Waals surface area contributed by atoms with Crippen molar-refractivity contribution in [2.24, 2.45) is 0 Å². The summed E-state index contributed by atoms with van der Waals surface area (Å²) in [4.78, 5) is 18.8. The molecule has 0 saturated heterocycles. The second-order valence-electron chi connectivity index (χ2n) is 5.23. The van der Waals surface area contributed by atoms with Gasteiger partial charge in [-0.05, 0) is 12.1 Å². The van der Waals surface area contributed by atoms with Gasteiger partial charge in [0.1, 0.15) is 17.3 Å². The molecule has 0 bridgehead atoms. The van der Waals surface area contributed by atoms with E-state index in [1.54, 1.807) is 24.5 Å². The fourth-order valence-corrected chi connectivity index (χ4v) is 2.69. The molecule has 0 saturated carbocycles. The molecule has 0 aliphatic carbocycles. The third-order valence-corrected chi connectivity index (χ3v) is 3.80. The summed E-state index contributed by atoms with van der Waals surface area (Å²) in [5, 5.41) is 0. The molecule has 23 heavy (non-hydrogen) atoms. The second-order valence-corrected chi connectivity index (χ2v) is 5.23. The molecule has 0 radical (unpaired) electrons. The van der Waals surface area contributed by atoms with E-state index in [9.17, 15) is 0 Å². The quantitative estimate of drug-likeness (QED) is 0.680. The normalized spacial score (nSPS) is 13.4. The Hall–Kier alpha value is -3.20. The summed E-state index contributed by atoms with van der Waals surface area (Å²) in [6.07, 6.45) is 4.19. The highest BCUT2D eigenvalue weighted by Crippen LogP contribution is 2.31. The molecule has 0 N–H and O–H groups in total. The zero-order valence-corrected chi connectivity index (χ0v) is 12.3. The van der Waals surface area contributed by atoms with Crippen molar-refractivity contribution in [1.82, 2.24) is 15.0 Å². The van der Waals surface area contributed by atoms with Crippen LogP contribution in [0.15, 0.2) is 47.1 Å². The molecule has 0 aromatic carbocycles. The molecule has 6 nitrogen and oxygen atoms in total. The number of anilines is 1. The summed E-state index contributed by atoms with van der Waals surface area (Å²) in [7, 11) is 0. The first-order valence-corrected chi connectivity index (χ1v) is 7.32. The molecule has 0 spiro atoms. The lowest BCUT2D eigenvalue weighted by atomic mass is 10.1. The fraction of sp³-hybridized carbons (Fsp3) is 0.176. The van der Waals surface area contributed by atoms with Crippen LogP contribution in [0.3, 0.4) is 0 Å². The van der Waals surface area contributed by atoms with Crippen LogP contribution in [0, 0.1) is 6.57 Å². The molecule has 4 heterocycles. The van der Waals surface area contributed by atoms with Crippen LogP contribution in [0.2, 0.25) is 0 Å². The molecule has 1 aliphatic heterocycles. The van der Waals surface area contributed by atoms with Crippen molar-refractivity contribution >= 4 is 11.5 Å². The van der Waals surface area contributed by atoms with Gasteiger partial charge >= 0.3 is 0 Å². The lowest BCUT2D eigenvalue weighted by molar-refractivity contribution is 0.493. The van der Waals surface area contributed by atoms with E-state index < -0.39 is 0 Å². The number of rotatable bonds is 2. The van der Waals surface area contributed by atoms with Gasteiger partial charge in [0.25, 0.3) is 0 Å². The van der Waals surface area contributed by atoms with Crippen LogP contribution in [0.25, 0.3) is 16.4 Å². The van der Waals surface area contributed by atoms with Crippen LogP contribution in [0.5, 0.6) is 0 Å². The third kappa shape index (κ3) is 2.42. The number of fused-ring (bicyclic) bond motifs is 1. The Morgan fingerprint density at radius 1 is 1.13 bits per heavy atom. The van der Waals surface area contributed by atoms with E-state index in [1.165, 1.54) is 0 Å². The molecule has 1 aliphatic rings. The van der Waals surface area contributed by atoms with Gasteiger partial charge < -0.3 is 9.32 Å². The van der Waals surface area contributed by atoms with Gasteiger partial charge in [0.2, 0.25) is 11.6 Å². The number of nitrogens with zero attached hydrogens (tertiary/aromatic N) is 5. The van der Waals surface area contributed by atoms with Gasteiger partial charge in [-0.25, -0.2) is 9.83 Å². The predicted octanol–water partition coefficient (Wildman–Crippen LogP) is 3.25. The average molecular weight is 303 g/mol. The van der Waals surface area contributed by atoms with E-state index in [4.69, 9.17) is 11.0 Å². The summed E-state index contributed by atoms with van der Waals surface area (Å²) in [6.45, 7) is 8.61. The molecular weight excluding hydrogens is 290 g/mol. The third-order valence-electron chi connectivity index (χ3n) is 3.80. The van der Waals surface area contributed by atoms with Gasteiger partial charge in [0, 0.05) is 25.4 Å². The van der Waals surface area contributed by atoms with Gasteiger partial charge in [-0.2, -0.15) is 0 Å². The van der Waals surface area contributed by atoms with Gasteiger partial charge in [0.05, 0.1) is 18.8 Å². The van der Waals surface area contributed by atoms with Crippen molar-refractivity contribution in [1.29, 1.82) is 0 Å². The summed E-state index contributed by atoms with van der Waals surface area (Å²) in [5.74, 6) is 2.06. The second kappa shape index (κ2) is 5.54. The first kappa shape index (κ1) is 13.5. The number of pyridine rings is 2. The number of hydrogen-bond donors (Lipinski definition) is 0. The predicted molar refractivity (Wildman–Crippen MR) is 85.0 cm³/mol. The minimum absolute atomic E-state index is 0.545. The van der Waals surface area contributed by atoms with E-state index in [1.807, 2.05) is 18.2 Å². The SMILES string of the molecule is [C-]#[N+]c1cccnc1N1CCc2nc(-c3ccccn3)oc2C1. The van der Waals surface area contributed by atoms with Crippen LogP contribution in [0.1, 0.15) is 11.5 Å². The van der Waals surface area contributed by atoms with E-state index in [0.29, 0.717) is 23.9 Å². The standard InChI is InChI=1S/C17H13N5O/c1-18-13-6-4-9-20-16(13)22-10-7-12-15(11-22)23-17(21-12)14-5-2-3-8-19-14/h2-6,8-9H,7,10-11H2. The van der Waals surface area contributed by atoms with E-state index in [2.05, 4.69) is 24.7 Å². The number of hydrogen-bond acceptors (Lipinski definition) is 5. The zero-order valence-electron chi connectivity index (χ0n) is 12.3. The smallest absolute Gasteiger partial charge is 0.245 e. The van der Waals surface area contributed by atoms with Crippen molar-refractivity contribution in [3.05, 3.63) is 65.6 Å². The van der Waals surface area contributed by atoms with Crippen molar-refractivity contribution in [2.45, 2.75) is 13.0 Å². The molecule has 0 amide bonds. The van der Waals surface area contributed by atoms with Crippen LogP contribution in [-0.2, 0) is 13.0 Å². The van der Waals surface area contributed by atoms with E-state index >= 15 is 0 Å². The molecule has 3 aromatic rings. The van der Waals surface area contributed by atoms with Gasteiger partial charge in [-0.15, -0.1) is 0 Å². The molecular formula is C17H13N5O. The molecule has 4 rings (SSSR count). The average Bonchev–Trinajstić information content (AvgIpc) is 3.05. The molecule has 6 heteroatoms. The Morgan fingerprint density at radius 3 is 2.87 bits per heavy atom. The lowest BCUT2D eigenvalue weighted by Gasteiger charge is -2.27. The maximum Gasteiger partial charge on any atom is 0.245 e. The van der Waals surface area contributed by atoms with Crippen molar-refractivity contribution < 1.29 is 4.42 Å². The van der Waals surface area contributed by atoms with E-state index in [-0.39, 0.29) is 0 Å². The highest BCUT2D eigenvalue weighted by molar-refractivity contribution is 5.66. The highest BCUT2D eigenvalue weighted by atomic mass is 16.4. The number of aromatic nitrogens is 3. The molecule has 0 unspecified atom stereocenters. The highest BCUT2D eigenvalue weighted by Gasteiger charge is 2.25. The molecule has 112 valence electrons. The first-order valence-electron chi connectivity index (χ1n) is 7.32. The van der Waals surface area contributed by atoms with Crippen LogP contribution in [-0.4, -0.2) is 21.5 Å². The Balaban J connectivity index is 1.65. The van der Waals surface area contributed by atoms with Crippen LogP contribution < -0.4 is 4.90 Å². The van der Waals surface area contributed by atoms with Gasteiger partial charge in [-0.3, -0.25) is 9.97 Å². The number of oxazole rings is 1. The fourth-order valence-electron chi connectivity index (χ4n) is 2.69. The van der Waals surface area contributed by atoms with Crippen molar-refractivity contribution in [3.63, 3.8) is 0 Å². The van der Waals surface area contributed by atoms with Crippen LogP contribution in [0.4, 0.5) is 11.5 Å². The zero-order chi connectivity index (χ0) is 15.6. The topological polar surface area (TPSA) is 59.4 Å². The Kier molecular flexibility index (Phi) is 3.24. The summed E-state index contributed by atoms with van der Waals surface area (Å²) >= 11 is 0. The maximum absolute atomic E-state index is 7.28. The van der Waals surface area contributed by atoms with Gasteiger partial charge in [0.15, 0.2) is 0 Å². The summed E-state index contributed by atoms with van der Waals surface area (Å²) in [6, 6.07) is 9.21. The Labute approximate surface area is 133 Å². The molecule has 0 fully saturated rings. The minimum Gasteiger partial charge on any atom is -0.438 e. The minimum atomic E-state index is 0.545. The summed E-state index contributed by atoms with van der Waals surface area (Å²) in [5.41, 5.74) is 2.25. The lowest BCUT2D eigenvalue weighted by Crippen LogP contribution is -2.30. The first-order chi connectivity index (χ1) is 11.3. The van der Waals surface area contributed by atoms with Crippen molar-refractivity contribution in [3.8, 4) is 11.6 Å². The monoisotopic (exact) mass is 303 g/mol. The molecule has 0 atom stereocenters. The summed E-state index contributed by atoms with van der Waals surface area (Å²) < 4.78 is 5.90. The van der Waals surface area contributed by atoms with Gasteiger partial charge in [-0.1, -0.05) is 18.2 Å². The van der Waals surface area contributed by atoms with E-state index in [0.717, 1.165) is 30.1 Å². The molecule has 3 aromatic heterocycles. The van der Waals surface area contributed by atoms with Crippen LogP contribution >= 0.6 is 0 Å². The largest absolute Gasteiger partial charge is 0.438 e. The van der Waals surface area contributed by atoms with Crippen molar-refractivity contribution in [2.75, 3.05) is 11.4 Å². The maximum atomic E-state index is 7.28. The Morgan fingerprint density at radius 2 is 2.04 bits per heavy atom.